The van der Waals surface area contributed by atoms with E-state index in [4.69, 9.17) is 5.73 Å². The minimum atomic E-state index is -3.54. The maximum absolute atomic E-state index is 12.7. The van der Waals surface area contributed by atoms with E-state index in [1.807, 2.05) is 30.3 Å². The summed E-state index contributed by atoms with van der Waals surface area (Å²) in [6.07, 6.45) is 0. The molecular formula is C17H19N3O4S. The van der Waals surface area contributed by atoms with Crippen LogP contribution >= 0.6 is 0 Å². The lowest BCUT2D eigenvalue weighted by atomic mass is 9.95. The van der Waals surface area contributed by atoms with Crippen LogP contribution in [0.4, 0.5) is 5.69 Å². The van der Waals surface area contributed by atoms with Gasteiger partial charge < -0.3 is 5.73 Å². The highest BCUT2D eigenvalue weighted by atomic mass is 32.2. The second-order valence-electron chi connectivity index (χ2n) is 6.18. The molecule has 8 heteroatoms. The number of nitro benzene ring substituents is 1. The Hall–Kier alpha value is -2.29. The van der Waals surface area contributed by atoms with Gasteiger partial charge >= 0.3 is 0 Å². The highest BCUT2D eigenvalue weighted by molar-refractivity contribution is 7.88. The number of rotatable bonds is 5. The first-order valence-electron chi connectivity index (χ1n) is 7.88. The first-order chi connectivity index (χ1) is 11.9. The Kier molecular flexibility index (Phi) is 4.85. The normalized spacial score (nSPS) is 21.3. The second kappa shape index (κ2) is 6.91. The van der Waals surface area contributed by atoms with Crippen LogP contribution in [0.2, 0.25) is 0 Å². The van der Waals surface area contributed by atoms with Crippen molar-refractivity contribution in [1.82, 2.24) is 4.31 Å². The Morgan fingerprint density at radius 3 is 2.32 bits per heavy atom. The van der Waals surface area contributed by atoms with E-state index in [2.05, 4.69) is 0 Å². The maximum atomic E-state index is 12.7. The summed E-state index contributed by atoms with van der Waals surface area (Å²) in [5.74, 6) is -0.230. The molecule has 1 aliphatic heterocycles. The zero-order valence-electron chi connectivity index (χ0n) is 13.5. The third-order valence-electron chi connectivity index (χ3n) is 4.45. The number of benzene rings is 2. The number of hydrogen-bond donors (Lipinski definition) is 1. The molecule has 0 unspecified atom stereocenters. The molecule has 0 bridgehead atoms. The van der Waals surface area contributed by atoms with E-state index < -0.39 is 14.9 Å². The van der Waals surface area contributed by atoms with Crippen molar-refractivity contribution in [2.45, 2.75) is 17.7 Å². The predicted octanol–water partition coefficient (Wildman–Crippen LogP) is 1.85. The summed E-state index contributed by atoms with van der Waals surface area (Å²) in [6.45, 7) is 0.620. The van der Waals surface area contributed by atoms with Crippen LogP contribution in [0.15, 0.2) is 54.6 Å². The van der Waals surface area contributed by atoms with E-state index in [1.165, 1.54) is 28.6 Å². The van der Waals surface area contributed by atoms with E-state index in [1.54, 1.807) is 0 Å². The second-order valence-corrected chi connectivity index (χ2v) is 8.15. The number of nitrogens with two attached hydrogens (primary N) is 1. The van der Waals surface area contributed by atoms with Crippen molar-refractivity contribution in [3.8, 4) is 0 Å². The minimum Gasteiger partial charge on any atom is -0.326 e. The fraction of sp³-hybridized carbons (Fsp3) is 0.294. The van der Waals surface area contributed by atoms with Gasteiger partial charge in [0.1, 0.15) is 0 Å². The topological polar surface area (TPSA) is 107 Å². The Morgan fingerprint density at radius 2 is 1.72 bits per heavy atom. The predicted molar refractivity (Wildman–Crippen MR) is 94.5 cm³/mol. The van der Waals surface area contributed by atoms with E-state index in [9.17, 15) is 18.5 Å². The molecule has 1 heterocycles. The van der Waals surface area contributed by atoms with Crippen LogP contribution in [0.3, 0.4) is 0 Å². The smallest absolute Gasteiger partial charge is 0.269 e. The van der Waals surface area contributed by atoms with Crippen molar-refractivity contribution in [2.24, 2.45) is 5.73 Å². The maximum Gasteiger partial charge on any atom is 0.269 e. The van der Waals surface area contributed by atoms with Gasteiger partial charge in [-0.15, -0.1) is 0 Å². The van der Waals surface area contributed by atoms with Crippen LogP contribution < -0.4 is 5.73 Å². The van der Waals surface area contributed by atoms with E-state index in [0.717, 1.165) is 5.56 Å². The van der Waals surface area contributed by atoms with Gasteiger partial charge in [0.2, 0.25) is 10.0 Å². The fourth-order valence-corrected chi connectivity index (χ4v) is 4.67. The molecule has 2 aromatic carbocycles. The average Bonchev–Trinajstić information content (AvgIpc) is 2.98. The highest BCUT2D eigenvalue weighted by Gasteiger charge is 2.37. The number of nitro groups is 1. The van der Waals surface area contributed by atoms with Crippen LogP contribution in [0.1, 0.15) is 17.0 Å². The third-order valence-corrected chi connectivity index (χ3v) is 6.23. The van der Waals surface area contributed by atoms with Gasteiger partial charge in [-0.3, -0.25) is 10.1 Å². The molecule has 3 rings (SSSR count). The van der Waals surface area contributed by atoms with Gasteiger partial charge in [-0.25, -0.2) is 8.42 Å². The zero-order chi connectivity index (χ0) is 18.0. The van der Waals surface area contributed by atoms with Gasteiger partial charge in [-0.2, -0.15) is 4.31 Å². The minimum absolute atomic E-state index is 0.0344. The van der Waals surface area contributed by atoms with Crippen molar-refractivity contribution >= 4 is 15.7 Å². The number of hydrogen-bond acceptors (Lipinski definition) is 5. The molecule has 0 spiro atoms. The first kappa shape index (κ1) is 17.5. The Balaban J connectivity index is 1.73. The lowest BCUT2D eigenvalue weighted by Crippen LogP contribution is -2.33. The molecule has 25 heavy (non-hydrogen) atoms. The largest absolute Gasteiger partial charge is 0.326 e. The summed E-state index contributed by atoms with van der Waals surface area (Å²) in [5, 5.41) is 10.7. The summed E-state index contributed by atoms with van der Waals surface area (Å²) in [6, 6.07) is 15.0. The fourth-order valence-electron chi connectivity index (χ4n) is 3.09. The monoisotopic (exact) mass is 361 g/mol. The van der Waals surface area contributed by atoms with Crippen molar-refractivity contribution in [3.05, 3.63) is 75.8 Å². The molecule has 0 saturated carbocycles. The van der Waals surface area contributed by atoms with Crippen molar-refractivity contribution in [2.75, 3.05) is 13.1 Å². The molecule has 0 radical (unpaired) electrons. The van der Waals surface area contributed by atoms with Gasteiger partial charge in [0.15, 0.2) is 0 Å². The molecule has 0 aliphatic carbocycles. The molecule has 7 nitrogen and oxygen atoms in total. The molecule has 0 amide bonds. The van der Waals surface area contributed by atoms with Crippen molar-refractivity contribution in [1.29, 1.82) is 0 Å². The number of nitrogens with zero attached hydrogens (tertiary/aromatic N) is 2. The standard InChI is InChI=1S/C17H19N3O4S/c18-17-11-19(10-16(17)14-4-2-1-3-5-14)25(23,24)12-13-6-8-15(9-7-13)20(21)22/h1-9,16-17H,10-12,18H2/t16-,17+/m0/s1. The number of sulfonamides is 1. The summed E-state index contributed by atoms with van der Waals surface area (Å²) in [5.41, 5.74) is 7.65. The van der Waals surface area contributed by atoms with Crippen LogP contribution in [0.25, 0.3) is 0 Å². The number of non-ortho nitro benzene ring substituents is 1. The SMILES string of the molecule is N[C@@H]1CN(S(=O)(=O)Cc2ccc([N+](=O)[O-])cc2)C[C@H]1c1ccccc1. The molecule has 132 valence electrons. The third kappa shape index (κ3) is 3.87. The Labute approximate surface area is 146 Å². The quantitative estimate of drug-likeness (QED) is 0.646. The molecular weight excluding hydrogens is 342 g/mol. The average molecular weight is 361 g/mol. The van der Waals surface area contributed by atoms with Gasteiger partial charge in [0.25, 0.3) is 5.69 Å². The molecule has 2 N–H and O–H groups in total. The lowest BCUT2D eigenvalue weighted by Gasteiger charge is -2.16. The van der Waals surface area contributed by atoms with Crippen molar-refractivity contribution in [3.63, 3.8) is 0 Å². The summed E-state index contributed by atoms with van der Waals surface area (Å²) in [7, 11) is -3.54. The zero-order valence-corrected chi connectivity index (χ0v) is 14.3. The van der Waals surface area contributed by atoms with Crippen molar-refractivity contribution < 1.29 is 13.3 Å². The molecule has 1 fully saturated rings. The van der Waals surface area contributed by atoms with Crippen LogP contribution in [0, 0.1) is 10.1 Å². The lowest BCUT2D eigenvalue weighted by molar-refractivity contribution is -0.384. The molecule has 0 aromatic heterocycles. The van der Waals surface area contributed by atoms with Gasteiger partial charge in [-0.05, 0) is 11.1 Å². The Morgan fingerprint density at radius 1 is 1.08 bits per heavy atom. The first-order valence-corrected chi connectivity index (χ1v) is 9.49. The molecule has 2 aromatic rings. The van der Waals surface area contributed by atoms with E-state index in [-0.39, 0.29) is 29.9 Å². The molecule has 1 aliphatic rings. The summed E-state index contributed by atoms with van der Waals surface area (Å²) < 4.78 is 26.8. The summed E-state index contributed by atoms with van der Waals surface area (Å²) in [4.78, 5) is 10.2. The summed E-state index contributed by atoms with van der Waals surface area (Å²) >= 11 is 0. The van der Waals surface area contributed by atoms with Crippen LogP contribution in [0.5, 0.6) is 0 Å². The highest BCUT2D eigenvalue weighted by Crippen LogP contribution is 2.29. The van der Waals surface area contributed by atoms with Crippen LogP contribution in [-0.4, -0.2) is 36.8 Å². The molecule has 1 saturated heterocycles. The van der Waals surface area contributed by atoms with Gasteiger partial charge in [0.05, 0.1) is 10.7 Å². The Bertz CT molecular complexity index is 853. The van der Waals surface area contributed by atoms with Gasteiger partial charge in [0, 0.05) is 37.2 Å². The van der Waals surface area contributed by atoms with E-state index >= 15 is 0 Å². The van der Waals surface area contributed by atoms with Gasteiger partial charge in [-0.1, -0.05) is 42.5 Å². The molecule has 2 atom stereocenters. The van der Waals surface area contributed by atoms with Crippen LogP contribution in [-0.2, 0) is 15.8 Å². The van der Waals surface area contributed by atoms with E-state index in [0.29, 0.717) is 12.1 Å².